The summed E-state index contributed by atoms with van der Waals surface area (Å²) in [5.41, 5.74) is 14.1. The van der Waals surface area contributed by atoms with Crippen LogP contribution < -0.4 is 9.80 Å². The van der Waals surface area contributed by atoms with Gasteiger partial charge in [0.15, 0.2) is 0 Å². The van der Waals surface area contributed by atoms with Crippen LogP contribution in [0.4, 0.5) is 22.7 Å². The molecule has 0 fully saturated rings. The van der Waals surface area contributed by atoms with Crippen LogP contribution in [0.5, 0.6) is 0 Å². The minimum atomic E-state index is 0.844. The average Bonchev–Trinajstić information content (AvgIpc) is 4.01. The van der Waals surface area contributed by atoms with Crippen LogP contribution in [0, 0.1) is 0 Å². The van der Waals surface area contributed by atoms with Crippen LogP contribution in [0.3, 0.4) is 0 Å². The molecule has 0 atom stereocenters. The molecule has 2 aliphatic heterocycles. The molecule has 11 aromatic rings. The van der Waals surface area contributed by atoms with Crippen molar-refractivity contribution < 1.29 is 4.42 Å². The first-order valence-corrected chi connectivity index (χ1v) is 22.2. The molecule has 0 unspecified atom stereocenters. The highest BCUT2D eigenvalue weighted by atomic mass is 32.2. The quantitative estimate of drug-likeness (QED) is 0.176. The van der Waals surface area contributed by atoms with Gasteiger partial charge in [0.25, 0.3) is 0 Å². The molecule has 290 valence electrons. The van der Waals surface area contributed by atoms with E-state index in [0.29, 0.717) is 0 Å². The van der Waals surface area contributed by atoms with Crippen molar-refractivity contribution in [1.82, 2.24) is 9.13 Å². The summed E-state index contributed by atoms with van der Waals surface area (Å²) < 4.78 is 11.4. The largest absolute Gasteiger partial charge is 0.456 e. The fourth-order valence-corrected chi connectivity index (χ4v) is 11.9. The Morgan fingerprint density at radius 1 is 0.344 bits per heavy atom. The van der Waals surface area contributed by atoms with E-state index < -0.39 is 0 Å². The fourth-order valence-electron chi connectivity index (χ4n) is 9.55. The molecule has 13 rings (SSSR count). The number of benzene rings is 8. The Bertz CT molecular complexity index is 3340. The zero-order valence-electron chi connectivity index (χ0n) is 33.3. The van der Waals surface area contributed by atoms with E-state index >= 15 is 0 Å². The number of fused-ring (bicyclic) bond motifs is 10. The lowest BCUT2D eigenvalue weighted by atomic mass is 10.1. The number of nitrogens with zero attached hydrogens (tertiary/aromatic N) is 4. The second-order valence-electron chi connectivity index (χ2n) is 15.9. The summed E-state index contributed by atoms with van der Waals surface area (Å²) in [5, 5.41) is 5.00. The number of para-hydroxylation sites is 4. The molecule has 0 N–H and O–H groups in total. The van der Waals surface area contributed by atoms with E-state index in [1.54, 1.807) is 0 Å². The number of furan rings is 1. The lowest BCUT2D eigenvalue weighted by Gasteiger charge is -2.29. The van der Waals surface area contributed by atoms with Crippen LogP contribution in [-0.4, -0.2) is 23.2 Å². The lowest BCUT2D eigenvalue weighted by molar-refractivity contribution is 0.597. The predicted molar refractivity (Wildman–Crippen MR) is 256 cm³/mol. The van der Waals surface area contributed by atoms with Gasteiger partial charge in [-0.2, -0.15) is 0 Å². The van der Waals surface area contributed by atoms with Gasteiger partial charge in [0.2, 0.25) is 0 Å². The van der Waals surface area contributed by atoms with E-state index in [9.17, 15) is 0 Å². The van der Waals surface area contributed by atoms with E-state index in [1.165, 1.54) is 85.9 Å². The number of rotatable bonds is 4. The molecule has 0 amide bonds. The molecule has 5 nitrogen and oxygen atoms in total. The molecule has 0 saturated heterocycles. The van der Waals surface area contributed by atoms with Gasteiger partial charge in [0.05, 0.1) is 44.8 Å². The molecule has 0 spiro atoms. The Labute approximate surface area is 361 Å². The van der Waals surface area contributed by atoms with Gasteiger partial charge in [0, 0.05) is 77.7 Å². The zero-order valence-corrected chi connectivity index (χ0v) is 35.0. The molecule has 3 aromatic heterocycles. The van der Waals surface area contributed by atoms with E-state index in [1.807, 2.05) is 23.5 Å². The van der Waals surface area contributed by atoms with Crippen molar-refractivity contribution in [1.29, 1.82) is 0 Å². The summed E-state index contributed by atoms with van der Waals surface area (Å²) in [4.78, 5) is 9.72. The van der Waals surface area contributed by atoms with E-state index in [0.717, 1.165) is 34.0 Å². The molecule has 2 aliphatic rings. The second-order valence-corrected chi connectivity index (χ2v) is 18.1. The first-order valence-electron chi connectivity index (χ1n) is 20.5. The molecule has 0 saturated carbocycles. The van der Waals surface area contributed by atoms with Crippen molar-refractivity contribution in [2.24, 2.45) is 0 Å². The Balaban J connectivity index is 0.826. The van der Waals surface area contributed by atoms with Crippen molar-refractivity contribution in [3.05, 3.63) is 182 Å². The number of hydrogen-bond acceptors (Lipinski definition) is 5. The third-order valence-corrected chi connectivity index (χ3v) is 14.8. The third-order valence-electron chi connectivity index (χ3n) is 12.5. The monoisotopic (exact) mass is 820 g/mol. The van der Waals surface area contributed by atoms with Gasteiger partial charge in [-0.1, -0.05) is 84.2 Å². The minimum absolute atomic E-state index is 0.844. The number of hydrogen-bond donors (Lipinski definition) is 0. The van der Waals surface area contributed by atoms with Gasteiger partial charge < -0.3 is 23.4 Å². The molecular weight excluding hydrogens is 785 g/mol. The van der Waals surface area contributed by atoms with E-state index in [-0.39, 0.29) is 0 Å². The average molecular weight is 821 g/mol. The van der Waals surface area contributed by atoms with Gasteiger partial charge in [0.1, 0.15) is 11.5 Å². The Kier molecular flexibility index (Phi) is 7.53. The first kappa shape index (κ1) is 34.8. The first-order chi connectivity index (χ1) is 30.1. The lowest BCUT2D eigenvalue weighted by Crippen LogP contribution is -2.14. The van der Waals surface area contributed by atoms with Crippen LogP contribution in [0.1, 0.15) is 0 Å². The molecule has 61 heavy (non-hydrogen) atoms. The van der Waals surface area contributed by atoms with Crippen LogP contribution in [-0.2, 0) is 0 Å². The van der Waals surface area contributed by atoms with Crippen molar-refractivity contribution in [3.63, 3.8) is 0 Å². The van der Waals surface area contributed by atoms with Crippen molar-refractivity contribution in [2.45, 2.75) is 19.6 Å². The Hall–Kier alpha value is -7.06. The van der Waals surface area contributed by atoms with E-state index in [2.05, 4.69) is 215 Å². The summed E-state index contributed by atoms with van der Waals surface area (Å²) >= 11 is 3.69. The van der Waals surface area contributed by atoms with Gasteiger partial charge in [-0.15, -0.1) is 0 Å². The van der Waals surface area contributed by atoms with Gasteiger partial charge in [-0.05, 0) is 121 Å². The minimum Gasteiger partial charge on any atom is -0.456 e. The fraction of sp³-hybridized carbons (Fsp3) is 0.0370. The topological polar surface area (TPSA) is 29.5 Å². The second kappa shape index (κ2) is 13.2. The van der Waals surface area contributed by atoms with Gasteiger partial charge >= 0.3 is 0 Å². The Morgan fingerprint density at radius 2 is 0.754 bits per heavy atom. The zero-order chi connectivity index (χ0) is 40.3. The summed E-state index contributed by atoms with van der Waals surface area (Å²) in [6, 6.07) is 65.9. The molecule has 0 radical (unpaired) electrons. The standard InChI is InChI=1S/C54H36N4OS2/c1-55-43-15-7-9-17-51(43)60-53-31-45-39(29-47(53)55)37-11-3-5-13-41(37)57(45)35-23-19-33(20-24-35)49-27-28-50(59-49)34-21-25-36(26-22-34)58-42-14-6-4-12-38(42)40-30-48-54(32-46(40)58)61-52-18-10-8-16-44(52)56(48)2/h3-32H,1-2H3. The molecular formula is C54H36N4OS2. The smallest absolute Gasteiger partial charge is 0.134 e. The van der Waals surface area contributed by atoms with E-state index in [4.69, 9.17) is 4.42 Å². The van der Waals surface area contributed by atoms with Gasteiger partial charge in [-0.25, -0.2) is 0 Å². The van der Waals surface area contributed by atoms with Crippen LogP contribution in [0.2, 0.25) is 0 Å². The summed E-state index contributed by atoms with van der Waals surface area (Å²) in [6.07, 6.45) is 0. The highest BCUT2D eigenvalue weighted by Crippen LogP contribution is 2.51. The number of aromatic nitrogens is 2. The maximum atomic E-state index is 6.57. The highest BCUT2D eigenvalue weighted by molar-refractivity contribution is 8.00. The van der Waals surface area contributed by atoms with Crippen LogP contribution >= 0.6 is 23.5 Å². The number of anilines is 4. The SMILES string of the molecule is CN1c2ccccc2Sc2cc3c(cc21)c1ccccc1n3-c1ccc(-c2ccc(-c3ccc(-n4c5ccccc5c5cc6c(cc54)Sc4ccccc4N6C)cc3)o2)cc1. The summed E-state index contributed by atoms with van der Waals surface area (Å²) in [5.74, 6) is 1.69. The predicted octanol–water partition coefficient (Wildman–Crippen LogP) is 15.3. The molecule has 8 aromatic carbocycles. The molecule has 0 aliphatic carbocycles. The third kappa shape index (κ3) is 5.24. The Morgan fingerprint density at radius 3 is 1.21 bits per heavy atom. The molecule has 5 heterocycles. The molecule has 0 bridgehead atoms. The maximum Gasteiger partial charge on any atom is 0.134 e. The van der Waals surface area contributed by atoms with Crippen molar-refractivity contribution in [3.8, 4) is 34.0 Å². The normalized spacial score (nSPS) is 13.2. The summed E-state index contributed by atoms with van der Waals surface area (Å²) in [7, 11) is 4.35. The van der Waals surface area contributed by atoms with Crippen LogP contribution in [0.25, 0.3) is 77.6 Å². The van der Waals surface area contributed by atoms with Gasteiger partial charge in [-0.3, -0.25) is 0 Å². The summed E-state index contributed by atoms with van der Waals surface area (Å²) in [6.45, 7) is 0. The highest BCUT2D eigenvalue weighted by Gasteiger charge is 2.25. The van der Waals surface area contributed by atoms with Crippen molar-refractivity contribution in [2.75, 3.05) is 23.9 Å². The van der Waals surface area contributed by atoms with Crippen LogP contribution in [0.15, 0.2) is 206 Å². The maximum absolute atomic E-state index is 6.57. The van der Waals surface area contributed by atoms with Crippen molar-refractivity contribution >= 4 is 89.9 Å². The molecule has 7 heteroatoms.